The van der Waals surface area contributed by atoms with Gasteiger partial charge in [-0.25, -0.2) is 4.98 Å². The molecule has 1 atom stereocenters. The molecule has 0 radical (unpaired) electrons. The fourth-order valence-electron chi connectivity index (χ4n) is 3.43. The number of aromatic nitrogens is 4. The van der Waals surface area contributed by atoms with E-state index in [1.54, 1.807) is 6.33 Å². The highest BCUT2D eigenvalue weighted by Crippen LogP contribution is 2.24. The molecular formula is C19H22N6O. The lowest BCUT2D eigenvalue weighted by molar-refractivity contribution is -0.120. The molecule has 1 amide bonds. The van der Waals surface area contributed by atoms with Crippen molar-refractivity contribution in [3.05, 3.63) is 36.8 Å². The fraction of sp³-hybridized carbons (Fsp3) is 0.368. The Morgan fingerprint density at radius 2 is 2.00 bits per heavy atom. The molecule has 26 heavy (non-hydrogen) atoms. The summed E-state index contributed by atoms with van der Waals surface area (Å²) in [6, 6.07) is 7.69. The summed E-state index contributed by atoms with van der Waals surface area (Å²) >= 11 is 0. The van der Waals surface area contributed by atoms with Crippen molar-refractivity contribution in [2.24, 2.45) is 7.05 Å². The van der Waals surface area contributed by atoms with E-state index in [0.29, 0.717) is 5.82 Å². The largest absolute Gasteiger partial charge is 0.334 e. The van der Waals surface area contributed by atoms with Crippen molar-refractivity contribution in [1.82, 2.24) is 24.6 Å². The minimum Gasteiger partial charge on any atom is -0.334 e. The number of benzene rings is 1. The first kappa shape index (κ1) is 16.7. The molecule has 7 heteroatoms. The van der Waals surface area contributed by atoms with Crippen LogP contribution in [0.2, 0.25) is 0 Å². The Labute approximate surface area is 152 Å². The minimum absolute atomic E-state index is 0.0386. The number of fused-ring (bicyclic) bond motifs is 1. The molecule has 134 valence electrons. The average molecular weight is 350 g/mol. The molecule has 1 fully saturated rings. The van der Waals surface area contributed by atoms with Gasteiger partial charge in [-0.15, -0.1) is 10.2 Å². The molecule has 0 bridgehead atoms. The lowest BCUT2D eigenvalue weighted by atomic mass is 10.1. The number of aryl methyl sites for hydroxylation is 1. The Morgan fingerprint density at radius 3 is 2.73 bits per heavy atom. The van der Waals surface area contributed by atoms with Crippen molar-refractivity contribution >= 4 is 22.6 Å². The Bertz CT molecular complexity index is 944. The molecule has 2 aromatic heterocycles. The maximum atomic E-state index is 12.5. The van der Waals surface area contributed by atoms with Gasteiger partial charge in [0, 0.05) is 18.0 Å². The Morgan fingerprint density at radius 1 is 1.19 bits per heavy atom. The SMILES string of the molecule is CC(C(=O)Nc1cc2cc(-c3cncn3C)ccc2nn1)N1CCCC1. The molecule has 0 spiro atoms. The van der Waals surface area contributed by atoms with Crippen LogP contribution >= 0.6 is 0 Å². The van der Waals surface area contributed by atoms with Gasteiger partial charge >= 0.3 is 0 Å². The van der Waals surface area contributed by atoms with Crippen LogP contribution in [-0.2, 0) is 11.8 Å². The summed E-state index contributed by atoms with van der Waals surface area (Å²) < 4.78 is 1.97. The van der Waals surface area contributed by atoms with Crippen molar-refractivity contribution in [3.8, 4) is 11.3 Å². The topological polar surface area (TPSA) is 75.9 Å². The first-order chi connectivity index (χ1) is 12.6. The summed E-state index contributed by atoms with van der Waals surface area (Å²) in [5.41, 5.74) is 2.87. The van der Waals surface area contributed by atoms with Crippen LogP contribution in [0, 0.1) is 0 Å². The van der Waals surface area contributed by atoms with Crippen molar-refractivity contribution < 1.29 is 4.79 Å². The molecule has 1 N–H and O–H groups in total. The molecule has 7 nitrogen and oxygen atoms in total. The number of carbonyl (C=O) groups excluding carboxylic acids is 1. The van der Waals surface area contributed by atoms with Crippen molar-refractivity contribution in [3.63, 3.8) is 0 Å². The van der Waals surface area contributed by atoms with Crippen LogP contribution in [-0.4, -0.2) is 49.7 Å². The molecular weight excluding hydrogens is 328 g/mol. The van der Waals surface area contributed by atoms with E-state index >= 15 is 0 Å². The van der Waals surface area contributed by atoms with Crippen LogP contribution in [0.15, 0.2) is 36.8 Å². The first-order valence-corrected chi connectivity index (χ1v) is 8.91. The Hall–Kier alpha value is -2.80. The van der Waals surface area contributed by atoms with E-state index in [1.807, 2.05) is 49.0 Å². The van der Waals surface area contributed by atoms with Gasteiger partial charge in [0.1, 0.15) is 0 Å². The minimum atomic E-state index is -0.157. The summed E-state index contributed by atoms with van der Waals surface area (Å²) in [7, 11) is 1.96. The molecule has 0 saturated carbocycles. The predicted octanol–water partition coefficient (Wildman–Crippen LogP) is 2.45. The maximum absolute atomic E-state index is 12.5. The average Bonchev–Trinajstić information content (AvgIpc) is 3.32. The van der Waals surface area contributed by atoms with Crippen molar-refractivity contribution in [2.45, 2.75) is 25.8 Å². The van der Waals surface area contributed by atoms with Gasteiger partial charge in [-0.2, -0.15) is 0 Å². The molecule has 1 aromatic carbocycles. The summed E-state index contributed by atoms with van der Waals surface area (Å²) in [4.78, 5) is 18.9. The van der Waals surface area contributed by atoms with Crippen LogP contribution in [0.25, 0.3) is 22.2 Å². The van der Waals surface area contributed by atoms with Crippen molar-refractivity contribution in [2.75, 3.05) is 18.4 Å². The third-order valence-electron chi connectivity index (χ3n) is 5.02. The van der Waals surface area contributed by atoms with E-state index in [4.69, 9.17) is 0 Å². The maximum Gasteiger partial charge on any atom is 0.242 e. The van der Waals surface area contributed by atoms with E-state index in [0.717, 1.165) is 48.1 Å². The lowest BCUT2D eigenvalue weighted by Gasteiger charge is -2.22. The molecule has 0 aliphatic carbocycles. The third kappa shape index (κ3) is 3.17. The summed E-state index contributed by atoms with van der Waals surface area (Å²) in [5.74, 6) is 0.444. The second-order valence-corrected chi connectivity index (χ2v) is 6.80. The standard InChI is InChI=1S/C19H22N6O/c1-13(25-7-3-4-8-25)19(26)21-18-10-15-9-14(5-6-16(15)22-23-18)17-11-20-12-24(17)2/h5-6,9-13H,3-4,7-8H2,1-2H3,(H,21,23,26). The molecule has 3 heterocycles. The Balaban J connectivity index is 1.58. The number of carbonyl (C=O) groups is 1. The van der Waals surface area contributed by atoms with E-state index in [-0.39, 0.29) is 11.9 Å². The van der Waals surface area contributed by atoms with E-state index < -0.39 is 0 Å². The highest BCUT2D eigenvalue weighted by molar-refractivity contribution is 5.95. The second kappa shape index (κ2) is 6.84. The smallest absolute Gasteiger partial charge is 0.242 e. The zero-order chi connectivity index (χ0) is 18.1. The number of nitrogens with one attached hydrogen (secondary N) is 1. The number of hydrogen-bond acceptors (Lipinski definition) is 5. The predicted molar refractivity (Wildman–Crippen MR) is 101 cm³/mol. The second-order valence-electron chi connectivity index (χ2n) is 6.80. The van der Waals surface area contributed by atoms with E-state index in [9.17, 15) is 4.79 Å². The number of nitrogens with zero attached hydrogens (tertiary/aromatic N) is 5. The van der Waals surface area contributed by atoms with Gasteiger partial charge < -0.3 is 9.88 Å². The zero-order valence-electron chi connectivity index (χ0n) is 15.0. The number of rotatable bonds is 4. The number of amides is 1. The van der Waals surface area contributed by atoms with E-state index in [1.165, 1.54) is 0 Å². The molecule has 1 unspecified atom stereocenters. The monoisotopic (exact) mass is 350 g/mol. The third-order valence-corrected chi connectivity index (χ3v) is 5.02. The van der Waals surface area contributed by atoms with Crippen molar-refractivity contribution in [1.29, 1.82) is 0 Å². The highest BCUT2D eigenvalue weighted by Gasteiger charge is 2.24. The summed E-state index contributed by atoms with van der Waals surface area (Å²) in [5, 5.41) is 12.2. The van der Waals surface area contributed by atoms with Crippen LogP contribution in [0.4, 0.5) is 5.82 Å². The van der Waals surface area contributed by atoms with E-state index in [2.05, 4.69) is 25.4 Å². The Kier molecular flexibility index (Phi) is 4.38. The van der Waals surface area contributed by atoms with Gasteiger partial charge in [0.2, 0.25) is 5.91 Å². The van der Waals surface area contributed by atoms with Gasteiger partial charge in [0.05, 0.1) is 29.8 Å². The van der Waals surface area contributed by atoms with Gasteiger partial charge in [-0.05, 0) is 51.1 Å². The molecule has 4 rings (SSSR count). The number of likely N-dealkylation sites (tertiary alicyclic amines) is 1. The normalized spacial score (nSPS) is 16.1. The van der Waals surface area contributed by atoms with Crippen LogP contribution in [0.1, 0.15) is 19.8 Å². The van der Waals surface area contributed by atoms with Crippen LogP contribution < -0.4 is 5.32 Å². The van der Waals surface area contributed by atoms with Gasteiger partial charge in [0.15, 0.2) is 5.82 Å². The molecule has 1 saturated heterocycles. The molecule has 3 aromatic rings. The van der Waals surface area contributed by atoms with Gasteiger partial charge in [0.25, 0.3) is 0 Å². The lowest BCUT2D eigenvalue weighted by Crippen LogP contribution is -2.40. The highest BCUT2D eigenvalue weighted by atomic mass is 16.2. The van der Waals surface area contributed by atoms with Crippen LogP contribution in [0.5, 0.6) is 0 Å². The summed E-state index contributed by atoms with van der Waals surface area (Å²) in [6.45, 7) is 3.90. The van der Waals surface area contributed by atoms with Gasteiger partial charge in [-0.1, -0.05) is 6.07 Å². The fourth-order valence-corrected chi connectivity index (χ4v) is 3.43. The first-order valence-electron chi connectivity index (χ1n) is 8.91. The number of anilines is 1. The quantitative estimate of drug-likeness (QED) is 0.782. The van der Waals surface area contributed by atoms with Gasteiger partial charge in [-0.3, -0.25) is 9.69 Å². The zero-order valence-corrected chi connectivity index (χ0v) is 15.0. The van der Waals surface area contributed by atoms with Crippen LogP contribution in [0.3, 0.4) is 0 Å². The number of imidazole rings is 1. The summed E-state index contributed by atoms with van der Waals surface area (Å²) in [6.07, 6.45) is 5.92. The molecule has 1 aliphatic rings. The number of hydrogen-bond donors (Lipinski definition) is 1. The molecule has 1 aliphatic heterocycles.